The van der Waals surface area contributed by atoms with Crippen molar-refractivity contribution in [3.8, 4) is 0 Å². The Balaban J connectivity index is 1.73. The van der Waals surface area contributed by atoms with Gasteiger partial charge >= 0.3 is 0 Å². The van der Waals surface area contributed by atoms with Crippen molar-refractivity contribution in [2.45, 2.75) is 37.1 Å². The molecule has 1 atom stereocenters. The van der Waals surface area contributed by atoms with Crippen molar-refractivity contribution in [2.75, 3.05) is 19.8 Å². The fraction of sp³-hybridized carbons (Fsp3) is 0.429. The molecular formula is C21H27NO2S. The summed E-state index contributed by atoms with van der Waals surface area (Å²) in [5.41, 5.74) is 3.06. The Labute approximate surface area is 151 Å². The largest absolute Gasteiger partial charge is 0.301 e. The molecule has 0 spiro atoms. The number of hydrogen-bond donors (Lipinski definition) is 0. The topological polar surface area (TPSA) is 37.4 Å². The predicted molar refractivity (Wildman–Crippen MR) is 102 cm³/mol. The zero-order chi connectivity index (χ0) is 18.3. The molecule has 1 unspecified atom stereocenters. The Morgan fingerprint density at radius 3 is 2.04 bits per heavy atom. The maximum Gasteiger partial charge on any atom is 0.175 e. The minimum atomic E-state index is -3.13. The molecular weight excluding hydrogens is 330 g/mol. The second kappa shape index (κ2) is 6.26. The molecule has 2 aromatic rings. The molecule has 0 bridgehead atoms. The Kier molecular flexibility index (Phi) is 4.54. The van der Waals surface area contributed by atoms with Gasteiger partial charge in [0.25, 0.3) is 0 Å². The average molecular weight is 358 g/mol. The van der Waals surface area contributed by atoms with Crippen molar-refractivity contribution in [1.82, 2.24) is 4.90 Å². The molecule has 0 heterocycles. The van der Waals surface area contributed by atoms with E-state index >= 15 is 0 Å². The number of sulfone groups is 1. The van der Waals surface area contributed by atoms with Crippen LogP contribution in [0.25, 0.3) is 0 Å². The molecule has 3 nitrogen and oxygen atoms in total. The SMILES string of the molecule is CN(Cc1ccc(S(C)(=O)=O)cc1)CC1(c2ccccc2)CC1(C)C. The zero-order valence-corrected chi connectivity index (χ0v) is 16.3. The van der Waals surface area contributed by atoms with Crippen LogP contribution in [0.5, 0.6) is 0 Å². The Morgan fingerprint density at radius 2 is 1.56 bits per heavy atom. The maximum atomic E-state index is 11.6. The molecule has 1 fully saturated rings. The molecule has 4 heteroatoms. The van der Waals surface area contributed by atoms with Crippen LogP contribution in [0.3, 0.4) is 0 Å². The fourth-order valence-corrected chi connectivity index (χ4v) is 4.62. The van der Waals surface area contributed by atoms with Gasteiger partial charge < -0.3 is 4.90 Å². The van der Waals surface area contributed by atoms with Crippen LogP contribution in [-0.2, 0) is 21.8 Å². The first-order chi connectivity index (χ1) is 11.6. The van der Waals surface area contributed by atoms with E-state index in [1.807, 2.05) is 12.1 Å². The van der Waals surface area contributed by atoms with Crippen LogP contribution in [0.2, 0.25) is 0 Å². The minimum absolute atomic E-state index is 0.204. The van der Waals surface area contributed by atoms with Gasteiger partial charge in [0, 0.05) is 24.8 Å². The van der Waals surface area contributed by atoms with E-state index in [9.17, 15) is 8.42 Å². The summed E-state index contributed by atoms with van der Waals surface area (Å²) in [6.45, 7) is 6.50. The first kappa shape index (κ1) is 18.2. The summed E-state index contributed by atoms with van der Waals surface area (Å²) in [6, 6.07) is 18.0. The summed E-state index contributed by atoms with van der Waals surface area (Å²) in [4.78, 5) is 2.72. The van der Waals surface area contributed by atoms with Gasteiger partial charge in [0.1, 0.15) is 0 Å². The molecule has 25 heavy (non-hydrogen) atoms. The highest BCUT2D eigenvalue weighted by molar-refractivity contribution is 7.90. The molecule has 1 aliphatic rings. The highest BCUT2D eigenvalue weighted by Gasteiger charge is 2.61. The van der Waals surface area contributed by atoms with Gasteiger partial charge in [-0.15, -0.1) is 0 Å². The third-order valence-electron chi connectivity index (χ3n) is 5.58. The van der Waals surface area contributed by atoms with Gasteiger partial charge in [0.2, 0.25) is 0 Å². The molecule has 0 aliphatic heterocycles. The van der Waals surface area contributed by atoms with Crippen molar-refractivity contribution in [2.24, 2.45) is 5.41 Å². The van der Waals surface area contributed by atoms with E-state index in [-0.39, 0.29) is 5.41 Å². The lowest BCUT2D eigenvalue weighted by Gasteiger charge is -2.27. The van der Waals surface area contributed by atoms with E-state index < -0.39 is 9.84 Å². The quantitative estimate of drug-likeness (QED) is 0.787. The third-order valence-corrected chi connectivity index (χ3v) is 6.71. The summed E-state index contributed by atoms with van der Waals surface area (Å²) < 4.78 is 23.2. The number of rotatable bonds is 6. The number of benzene rings is 2. The van der Waals surface area contributed by atoms with Crippen LogP contribution in [-0.4, -0.2) is 33.2 Å². The van der Waals surface area contributed by atoms with E-state index in [0.717, 1.165) is 18.7 Å². The minimum Gasteiger partial charge on any atom is -0.301 e. The Hall–Kier alpha value is -1.65. The highest BCUT2D eigenvalue weighted by atomic mass is 32.2. The maximum absolute atomic E-state index is 11.6. The van der Waals surface area contributed by atoms with Gasteiger partial charge in [-0.05, 0) is 42.1 Å². The summed E-state index contributed by atoms with van der Waals surface area (Å²) in [5, 5.41) is 0. The van der Waals surface area contributed by atoms with Crippen molar-refractivity contribution < 1.29 is 8.42 Å². The lowest BCUT2D eigenvalue weighted by molar-refractivity contribution is 0.271. The summed E-state index contributed by atoms with van der Waals surface area (Å²) >= 11 is 0. The first-order valence-corrected chi connectivity index (χ1v) is 10.6. The van der Waals surface area contributed by atoms with Crippen molar-refractivity contribution in [1.29, 1.82) is 0 Å². The lowest BCUT2D eigenvalue weighted by Crippen LogP contribution is -2.32. The summed E-state index contributed by atoms with van der Waals surface area (Å²) in [7, 11) is -0.989. The predicted octanol–water partition coefficient (Wildman–Crippen LogP) is 3.89. The first-order valence-electron chi connectivity index (χ1n) is 8.67. The van der Waals surface area contributed by atoms with Crippen molar-refractivity contribution >= 4 is 9.84 Å². The second-order valence-electron chi connectivity index (χ2n) is 8.10. The van der Waals surface area contributed by atoms with Crippen LogP contribution >= 0.6 is 0 Å². The van der Waals surface area contributed by atoms with E-state index in [1.165, 1.54) is 18.2 Å². The molecule has 3 rings (SSSR count). The van der Waals surface area contributed by atoms with E-state index in [0.29, 0.717) is 10.3 Å². The smallest absolute Gasteiger partial charge is 0.175 e. The molecule has 0 N–H and O–H groups in total. The molecule has 1 aliphatic carbocycles. The third kappa shape index (κ3) is 3.65. The zero-order valence-electron chi connectivity index (χ0n) is 15.5. The molecule has 134 valence electrons. The molecule has 2 aromatic carbocycles. The van der Waals surface area contributed by atoms with Gasteiger partial charge in [-0.25, -0.2) is 8.42 Å². The molecule has 0 radical (unpaired) electrons. The standard InChI is InChI=1S/C21H27NO2S/c1-20(2)15-21(20,18-8-6-5-7-9-18)16-22(3)14-17-10-12-19(13-11-17)25(4,23)24/h5-13H,14-16H2,1-4H3. The van der Waals surface area contributed by atoms with Crippen LogP contribution in [0, 0.1) is 5.41 Å². The Bertz CT molecular complexity index is 841. The monoisotopic (exact) mass is 357 g/mol. The van der Waals surface area contributed by atoms with Gasteiger partial charge in [-0.1, -0.05) is 56.3 Å². The summed E-state index contributed by atoms with van der Waals surface area (Å²) in [5.74, 6) is 0. The van der Waals surface area contributed by atoms with Gasteiger partial charge in [0.05, 0.1) is 4.90 Å². The van der Waals surface area contributed by atoms with Gasteiger partial charge in [0.15, 0.2) is 9.84 Å². The highest BCUT2D eigenvalue weighted by Crippen LogP contribution is 2.64. The van der Waals surface area contributed by atoms with Crippen LogP contribution in [0.1, 0.15) is 31.4 Å². The number of nitrogens with zero attached hydrogens (tertiary/aromatic N) is 1. The van der Waals surface area contributed by atoms with Crippen molar-refractivity contribution in [3.05, 3.63) is 65.7 Å². The van der Waals surface area contributed by atoms with E-state index in [2.05, 4.69) is 56.1 Å². The molecule has 0 amide bonds. The number of likely N-dealkylation sites (N-methyl/N-ethyl adjacent to an activating group) is 1. The molecule has 0 aromatic heterocycles. The van der Waals surface area contributed by atoms with Gasteiger partial charge in [-0.2, -0.15) is 0 Å². The summed E-state index contributed by atoms with van der Waals surface area (Å²) in [6.07, 6.45) is 2.44. The number of hydrogen-bond acceptors (Lipinski definition) is 3. The van der Waals surface area contributed by atoms with Gasteiger partial charge in [-0.3, -0.25) is 0 Å². The lowest BCUT2D eigenvalue weighted by atomic mass is 9.87. The second-order valence-corrected chi connectivity index (χ2v) is 10.1. The normalized spacial score (nSPS) is 22.1. The van der Waals surface area contributed by atoms with Crippen molar-refractivity contribution in [3.63, 3.8) is 0 Å². The van der Waals surface area contributed by atoms with Crippen LogP contribution in [0.15, 0.2) is 59.5 Å². The fourth-order valence-electron chi connectivity index (χ4n) is 3.99. The van der Waals surface area contributed by atoms with Crippen LogP contribution < -0.4 is 0 Å². The van der Waals surface area contributed by atoms with E-state index in [4.69, 9.17) is 0 Å². The van der Waals surface area contributed by atoms with E-state index in [1.54, 1.807) is 12.1 Å². The Morgan fingerprint density at radius 1 is 1.00 bits per heavy atom. The van der Waals surface area contributed by atoms with Crippen LogP contribution in [0.4, 0.5) is 0 Å². The average Bonchev–Trinajstić information content (AvgIpc) is 3.09. The molecule has 0 saturated heterocycles. The molecule has 1 saturated carbocycles.